The molecule has 8 N–H and O–H groups in total. The van der Waals surface area contributed by atoms with Gasteiger partial charge in [-0.15, -0.1) is 24.0 Å². The molecule has 0 bridgehead atoms. The summed E-state index contributed by atoms with van der Waals surface area (Å²) in [5.41, 5.74) is 26.2. The number of pyridine rings is 4. The van der Waals surface area contributed by atoms with E-state index in [2.05, 4.69) is 200 Å². The number of anilines is 2. The Balaban J connectivity index is 0.000000161. The van der Waals surface area contributed by atoms with Crippen LogP contribution in [0.1, 0.15) is 41.5 Å². The van der Waals surface area contributed by atoms with Crippen molar-refractivity contribution in [3.05, 3.63) is 324 Å². The van der Waals surface area contributed by atoms with Crippen molar-refractivity contribution in [2.24, 2.45) is 0 Å². The predicted molar refractivity (Wildman–Crippen MR) is 495 cm³/mol. The van der Waals surface area contributed by atoms with Gasteiger partial charge in [0.05, 0.1) is 38.8 Å². The third kappa shape index (κ3) is 23.3. The van der Waals surface area contributed by atoms with E-state index in [0.717, 1.165) is 126 Å². The molecule has 0 aliphatic carbocycles. The smallest absolute Gasteiger partial charge is 0.481 e. The van der Waals surface area contributed by atoms with Crippen LogP contribution in [0.5, 0.6) is 0 Å². The Bertz CT molecular complexity index is 6010. The molecule has 1 saturated heterocycles. The van der Waals surface area contributed by atoms with E-state index in [1.807, 2.05) is 188 Å². The molecule has 1 aliphatic rings. The Labute approximate surface area is 717 Å². The maximum Gasteiger partial charge on any atom is 0.494 e. The summed E-state index contributed by atoms with van der Waals surface area (Å²) in [6.45, 7) is 8.26. The number of rotatable bonds is 9. The molecule has 16 aromatic rings. The van der Waals surface area contributed by atoms with Crippen LogP contribution in [0, 0.1) is 0 Å². The molecule has 1 aliphatic heterocycles. The Morgan fingerprint density at radius 1 is 0.452 bits per heavy atom. The summed E-state index contributed by atoms with van der Waals surface area (Å²) in [4.78, 5) is 36.6. The lowest BCUT2D eigenvalue weighted by atomic mass is 9.76. The number of aliphatic carboxylic acids is 2. The average Bonchev–Trinajstić information content (AvgIpc) is 1.72. The van der Waals surface area contributed by atoms with Gasteiger partial charge in [0.1, 0.15) is 11.6 Å². The molecule has 4 aromatic heterocycles. The standard InChI is InChI=1S/C24H14Cl2N2.C21H16N2.C17H20BNO2.C14H11BO2.C10H8BrN.C3H4O4.CH4.Cl3OP.HI/c25-21-14-23(26)28-24-18-6-2-1-5-17(18)19(13-20(21)24)15-8-10-16(11-9-15)22-7-3-4-12-27-22;22-20-13-12-17(18-5-1-2-6-19(18)20)15-8-10-16(11-9-15)21-7-3-4-14-23-21;1-16(2)17(3,4)21-18(20-16)14-10-8-13(9-11-14)15-7-5-6-12-19-15;16-15(17)14-9-10-5-1-2-6-11(10)12-7-3-4-8-13(12)14;11-9-5-6-10(12)8-4-2-1-3-7(8)9;4-2(5)1-3(6)7;;1-5(2,3)4;/h1-14H;1-14H,22H2;5-12H,1-4H3;1-9,16-17H;1-6H,12H2;1H2,(H,4,5)(H,6,7);1H4;;1H. The van der Waals surface area contributed by atoms with Crippen LogP contribution >= 0.6 is 102 Å². The molecule has 115 heavy (non-hydrogen) atoms. The van der Waals surface area contributed by atoms with E-state index >= 15 is 0 Å². The van der Waals surface area contributed by atoms with Crippen LogP contribution in [0.15, 0.2) is 314 Å². The summed E-state index contributed by atoms with van der Waals surface area (Å²) in [7, 11) is -1.75. The first kappa shape index (κ1) is 89.1. The highest BCUT2D eigenvalue weighted by Crippen LogP contribution is 2.61. The molecule has 17 rings (SSSR count). The van der Waals surface area contributed by atoms with Gasteiger partial charge in [-0.25, -0.2) is 4.98 Å². The lowest BCUT2D eigenvalue weighted by Crippen LogP contribution is -2.41. The summed E-state index contributed by atoms with van der Waals surface area (Å²) in [6.07, 6.45) is 4.62. The number of carbonyl (C=O) groups is 2. The van der Waals surface area contributed by atoms with E-state index in [9.17, 15) is 24.2 Å². The van der Waals surface area contributed by atoms with Gasteiger partial charge in [-0.2, -0.15) is 0 Å². The summed E-state index contributed by atoms with van der Waals surface area (Å²) in [5.74, 6) is -2.62. The summed E-state index contributed by atoms with van der Waals surface area (Å²) in [5, 5.41) is 43.7. The molecule has 25 heteroatoms. The first-order chi connectivity index (χ1) is 54.1. The van der Waals surface area contributed by atoms with Gasteiger partial charge in [0.15, 0.2) is 0 Å². The minimum atomic E-state index is -3.22. The van der Waals surface area contributed by atoms with Gasteiger partial charge in [0, 0.05) is 72.7 Å². The monoisotopic (exact) mass is 1820 g/mol. The van der Waals surface area contributed by atoms with Crippen molar-refractivity contribution in [1.82, 2.24) is 19.9 Å². The molecular formula is C90H78B2BrCl5IN6O9P. The van der Waals surface area contributed by atoms with Crippen molar-refractivity contribution >= 4 is 215 Å². The topological polar surface area (TPSA) is 254 Å². The van der Waals surface area contributed by atoms with E-state index in [1.165, 1.54) is 16.5 Å². The number of benzene rings is 12. The van der Waals surface area contributed by atoms with Crippen LogP contribution in [0.2, 0.25) is 10.2 Å². The number of carboxylic acid groups (broad SMARTS) is 2. The average molecular weight is 1820 g/mol. The lowest BCUT2D eigenvalue weighted by molar-refractivity contribution is -0.147. The normalized spacial score (nSPS) is 12.2. The summed E-state index contributed by atoms with van der Waals surface area (Å²) in [6, 6.07) is 96.8. The highest BCUT2D eigenvalue weighted by Gasteiger charge is 2.51. The van der Waals surface area contributed by atoms with Crippen LogP contribution in [0.3, 0.4) is 0 Å². The van der Waals surface area contributed by atoms with Gasteiger partial charge in [0.25, 0.3) is 0 Å². The van der Waals surface area contributed by atoms with Crippen molar-refractivity contribution in [2.45, 2.75) is 52.7 Å². The lowest BCUT2D eigenvalue weighted by Gasteiger charge is -2.32. The molecule has 0 atom stereocenters. The maximum atomic E-state index is 9.51. The third-order valence-electron chi connectivity index (χ3n) is 18.7. The number of halogens is 7. The van der Waals surface area contributed by atoms with Crippen molar-refractivity contribution in [2.75, 3.05) is 11.5 Å². The predicted octanol–water partition coefficient (Wildman–Crippen LogP) is 24.1. The van der Waals surface area contributed by atoms with Crippen LogP contribution < -0.4 is 22.4 Å². The third-order valence-corrected chi connectivity index (χ3v) is 19.9. The molecular weight excluding hydrogens is 1750 g/mol. The molecule has 1 fully saturated rings. The maximum absolute atomic E-state index is 9.51. The Morgan fingerprint density at radius 2 is 0.826 bits per heavy atom. The second-order valence-corrected chi connectivity index (χ2v) is 35.0. The summed E-state index contributed by atoms with van der Waals surface area (Å²) < 4.78 is 22.7. The van der Waals surface area contributed by atoms with E-state index in [-0.39, 0.29) is 49.7 Å². The molecule has 5 heterocycles. The zero-order valence-electron chi connectivity index (χ0n) is 61.7. The minimum absolute atomic E-state index is 0. The second-order valence-electron chi connectivity index (χ2n) is 26.7. The van der Waals surface area contributed by atoms with Crippen LogP contribution in [-0.4, -0.2) is 77.6 Å². The van der Waals surface area contributed by atoms with Gasteiger partial charge in [-0.05, 0) is 199 Å². The number of nitrogen functional groups attached to an aromatic ring is 2. The zero-order chi connectivity index (χ0) is 80.6. The molecule has 582 valence electrons. The van der Waals surface area contributed by atoms with Crippen LogP contribution in [0.25, 0.3) is 121 Å². The molecule has 0 spiro atoms. The van der Waals surface area contributed by atoms with E-state index in [1.54, 1.807) is 18.5 Å². The Kier molecular flexibility index (Phi) is 31.5. The van der Waals surface area contributed by atoms with Crippen molar-refractivity contribution < 1.29 is 43.7 Å². The molecule has 0 unspecified atom stereocenters. The molecule has 0 radical (unpaired) electrons. The highest BCUT2D eigenvalue weighted by atomic mass is 127. The fourth-order valence-corrected chi connectivity index (χ4v) is 13.5. The number of nitrogens with two attached hydrogens (primary N) is 2. The fourth-order valence-electron chi connectivity index (χ4n) is 12.5. The number of nitrogens with zero attached hydrogens (tertiary/aromatic N) is 4. The molecule has 15 nitrogen and oxygen atoms in total. The number of carboxylic acids is 2. The highest BCUT2D eigenvalue weighted by molar-refractivity contribution is 14.0. The number of hydrogen-bond donors (Lipinski definition) is 6. The second kappa shape index (κ2) is 40.7. The molecule has 0 amide bonds. The van der Waals surface area contributed by atoms with E-state index < -0.39 is 30.7 Å². The SMILES string of the molecule is C.CC1(C)OB(c2ccc(-c3ccccn3)cc2)OC1(C)C.Clc1cc(Cl)c2cc(-c3ccc(-c4ccccn4)cc3)c3ccccc3c2n1.I.Nc1ccc(-c2ccc(-c3ccccn3)cc2)c2ccccc12.Nc1ccc(Br)c2ccccc12.O=C(O)CC(=O)O.O=P(Cl)(Cl)Cl.OB(O)c1cc2ccccc2c2ccccc12. The first-order valence-electron chi connectivity index (χ1n) is 35.3. The van der Waals surface area contributed by atoms with Gasteiger partial charge in [0.2, 0.25) is 0 Å². The van der Waals surface area contributed by atoms with Gasteiger partial charge in [-0.1, -0.05) is 271 Å². The number of aromatic nitrogens is 4. The Hall–Kier alpha value is -9.80. The van der Waals surface area contributed by atoms with Crippen LogP contribution in [0.4, 0.5) is 11.4 Å². The van der Waals surface area contributed by atoms with Crippen LogP contribution in [-0.2, 0) is 23.5 Å². The molecule has 0 saturated carbocycles. The van der Waals surface area contributed by atoms with Gasteiger partial charge in [-0.3, -0.25) is 29.1 Å². The van der Waals surface area contributed by atoms with E-state index in [4.69, 9.17) is 54.2 Å². The number of fused-ring (bicyclic) bond motifs is 8. The van der Waals surface area contributed by atoms with Crippen molar-refractivity contribution in [3.8, 4) is 56.0 Å². The Morgan fingerprint density at radius 3 is 1.27 bits per heavy atom. The van der Waals surface area contributed by atoms with Crippen molar-refractivity contribution in [1.29, 1.82) is 0 Å². The zero-order valence-corrected chi connectivity index (χ0v) is 70.3. The van der Waals surface area contributed by atoms with Crippen molar-refractivity contribution in [3.63, 3.8) is 0 Å². The minimum Gasteiger partial charge on any atom is -0.481 e. The number of hydrogen-bond acceptors (Lipinski definition) is 13. The largest absolute Gasteiger partial charge is 0.494 e. The summed E-state index contributed by atoms with van der Waals surface area (Å²) >= 11 is 30.0. The fraction of sp³-hybridized carbons (Fsp3) is 0.0889. The first-order valence-corrected chi connectivity index (χ1v) is 41.3. The quantitative estimate of drug-likeness (QED) is 0.0149. The van der Waals surface area contributed by atoms with Gasteiger partial charge < -0.3 is 41.0 Å². The van der Waals surface area contributed by atoms with E-state index in [0.29, 0.717) is 15.6 Å². The molecule has 12 aromatic carbocycles. The van der Waals surface area contributed by atoms with Gasteiger partial charge >= 0.3 is 31.4 Å².